The van der Waals surface area contributed by atoms with Crippen LogP contribution in [0.1, 0.15) is 17.2 Å². The number of rotatable bonds is 5. The molecule has 0 saturated carbocycles. The molecule has 0 saturated heterocycles. The minimum atomic E-state index is -0.131. The first kappa shape index (κ1) is 14.9. The Bertz CT molecular complexity index is 531. The highest BCUT2D eigenvalue weighted by Gasteiger charge is 2.15. The third kappa shape index (κ3) is 3.96. The smallest absolute Gasteiger partial charge is 0.108 e. The van der Waals surface area contributed by atoms with E-state index in [0.717, 1.165) is 16.5 Å². The molecule has 1 nitrogen and oxygen atoms in total. The molecular weight excluding hydrogens is 347 g/mol. The number of alkyl halides is 1. The van der Waals surface area contributed by atoms with Crippen LogP contribution in [-0.2, 0) is 4.74 Å². The molecule has 0 N–H and O–H groups in total. The van der Waals surface area contributed by atoms with Gasteiger partial charge in [0, 0.05) is 5.33 Å². The predicted octanol–water partition coefficient (Wildman–Crippen LogP) is 5.49. The van der Waals surface area contributed by atoms with Gasteiger partial charge in [-0.3, -0.25) is 0 Å². The van der Waals surface area contributed by atoms with Gasteiger partial charge in [-0.15, -0.1) is 0 Å². The van der Waals surface area contributed by atoms with Crippen LogP contribution in [-0.4, -0.2) is 11.9 Å². The number of hydrogen-bond acceptors (Lipinski definition) is 1. The molecule has 0 amide bonds. The van der Waals surface area contributed by atoms with Crippen LogP contribution >= 0.6 is 39.1 Å². The van der Waals surface area contributed by atoms with Crippen molar-refractivity contribution in [1.29, 1.82) is 0 Å². The molecule has 0 aliphatic heterocycles. The molecular formula is C15H13BrCl2O. The second kappa shape index (κ2) is 7.30. The van der Waals surface area contributed by atoms with Gasteiger partial charge >= 0.3 is 0 Å². The van der Waals surface area contributed by atoms with Crippen molar-refractivity contribution in [2.24, 2.45) is 0 Å². The van der Waals surface area contributed by atoms with Gasteiger partial charge in [0.2, 0.25) is 0 Å². The van der Waals surface area contributed by atoms with Crippen LogP contribution in [0.15, 0.2) is 48.5 Å². The Morgan fingerprint density at radius 2 is 1.68 bits per heavy atom. The average Bonchev–Trinajstić information content (AvgIpc) is 2.44. The first-order valence-electron chi connectivity index (χ1n) is 5.90. The third-order valence-electron chi connectivity index (χ3n) is 2.71. The van der Waals surface area contributed by atoms with E-state index in [1.807, 2.05) is 42.5 Å². The highest BCUT2D eigenvalue weighted by atomic mass is 79.9. The summed E-state index contributed by atoms with van der Waals surface area (Å²) < 4.78 is 5.91. The largest absolute Gasteiger partial charge is 0.368 e. The summed E-state index contributed by atoms with van der Waals surface area (Å²) in [6, 6.07) is 15.7. The molecule has 100 valence electrons. The SMILES string of the molecule is Clc1ccc(C(OCCBr)c2ccccc2)cc1Cl. The summed E-state index contributed by atoms with van der Waals surface area (Å²) in [4.78, 5) is 0. The highest BCUT2D eigenvalue weighted by molar-refractivity contribution is 9.09. The van der Waals surface area contributed by atoms with E-state index in [1.54, 1.807) is 6.07 Å². The number of halogens is 3. The van der Waals surface area contributed by atoms with Crippen LogP contribution in [0.5, 0.6) is 0 Å². The van der Waals surface area contributed by atoms with Crippen LogP contribution in [0.25, 0.3) is 0 Å². The fourth-order valence-electron chi connectivity index (χ4n) is 1.85. The maximum Gasteiger partial charge on any atom is 0.108 e. The standard InChI is InChI=1S/C15H13BrCl2O/c16-8-9-19-15(11-4-2-1-3-5-11)12-6-7-13(17)14(18)10-12/h1-7,10,15H,8-9H2. The molecule has 0 aliphatic rings. The van der Waals surface area contributed by atoms with Crippen LogP contribution < -0.4 is 0 Å². The zero-order chi connectivity index (χ0) is 13.7. The predicted molar refractivity (Wildman–Crippen MR) is 84.5 cm³/mol. The Balaban J connectivity index is 2.34. The van der Waals surface area contributed by atoms with E-state index in [-0.39, 0.29) is 6.10 Å². The maximum absolute atomic E-state index is 6.08. The van der Waals surface area contributed by atoms with E-state index in [2.05, 4.69) is 15.9 Å². The summed E-state index contributed by atoms with van der Waals surface area (Å²) in [7, 11) is 0. The Kier molecular flexibility index (Phi) is 5.71. The van der Waals surface area contributed by atoms with Crippen LogP contribution in [0.2, 0.25) is 10.0 Å². The van der Waals surface area contributed by atoms with Crippen molar-refractivity contribution in [2.75, 3.05) is 11.9 Å². The first-order chi connectivity index (χ1) is 9.22. The van der Waals surface area contributed by atoms with Crippen molar-refractivity contribution in [3.8, 4) is 0 Å². The average molecular weight is 360 g/mol. The number of benzene rings is 2. The minimum absolute atomic E-state index is 0.131. The van der Waals surface area contributed by atoms with Gasteiger partial charge in [-0.1, -0.05) is 75.5 Å². The molecule has 2 aromatic carbocycles. The Hall–Kier alpha value is -0.540. The van der Waals surface area contributed by atoms with Crippen LogP contribution in [0, 0.1) is 0 Å². The van der Waals surface area contributed by atoms with Crippen molar-refractivity contribution >= 4 is 39.1 Å². The molecule has 2 rings (SSSR count). The van der Waals surface area contributed by atoms with Gasteiger partial charge in [0.25, 0.3) is 0 Å². The number of hydrogen-bond donors (Lipinski definition) is 0. The second-order valence-corrected chi connectivity index (χ2v) is 5.63. The molecule has 19 heavy (non-hydrogen) atoms. The summed E-state index contributed by atoms with van der Waals surface area (Å²) in [5, 5.41) is 1.89. The molecule has 1 atom stereocenters. The second-order valence-electron chi connectivity index (χ2n) is 4.02. The monoisotopic (exact) mass is 358 g/mol. The van der Waals surface area contributed by atoms with Crippen LogP contribution in [0.4, 0.5) is 0 Å². The van der Waals surface area contributed by atoms with Crippen molar-refractivity contribution in [3.63, 3.8) is 0 Å². The molecule has 0 bridgehead atoms. The number of ether oxygens (including phenoxy) is 1. The van der Waals surface area contributed by atoms with Gasteiger partial charge < -0.3 is 4.74 Å². The van der Waals surface area contributed by atoms with Crippen molar-refractivity contribution < 1.29 is 4.74 Å². The molecule has 0 radical (unpaired) electrons. The molecule has 4 heteroatoms. The molecule has 0 aromatic heterocycles. The zero-order valence-electron chi connectivity index (χ0n) is 10.2. The molecule has 0 aliphatic carbocycles. The molecule has 1 unspecified atom stereocenters. The Labute approximate surface area is 131 Å². The van der Waals surface area contributed by atoms with E-state index < -0.39 is 0 Å². The van der Waals surface area contributed by atoms with Gasteiger partial charge in [0.15, 0.2) is 0 Å². The van der Waals surface area contributed by atoms with E-state index in [0.29, 0.717) is 16.7 Å². The summed E-state index contributed by atoms with van der Waals surface area (Å²) in [6.45, 7) is 0.625. The van der Waals surface area contributed by atoms with E-state index in [1.165, 1.54) is 0 Å². The molecule has 0 fully saturated rings. The van der Waals surface area contributed by atoms with Gasteiger partial charge in [-0.05, 0) is 23.3 Å². The van der Waals surface area contributed by atoms with E-state index in [9.17, 15) is 0 Å². The lowest BCUT2D eigenvalue weighted by molar-refractivity contribution is 0.0940. The van der Waals surface area contributed by atoms with Crippen molar-refractivity contribution in [3.05, 3.63) is 69.7 Å². The summed E-state index contributed by atoms with van der Waals surface area (Å²) >= 11 is 15.4. The van der Waals surface area contributed by atoms with E-state index in [4.69, 9.17) is 27.9 Å². The quantitative estimate of drug-likeness (QED) is 0.641. The first-order valence-corrected chi connectivity index (χ1v) is 7.77. The van der Waals surface area contributed by atoms with Gasteiger partial charge in [0.05, 0.1) is 16.7 Å². The third-order valence-corrected chi connectivity index (χ3v) is 3.77. The maximum atomic E-state index is 6.08. The summed E-state index contributed by atoms with van der Waals surface area (Å²) in [5.74, 6) is 0. The normalized spacial score (nSPS) is 12.4. The minimum Gasteiger partial charge on any atom is -0.368 e. The van der Waals surface area contributed by atoms with Gasteiger partial charge in [-0.2, -0.15) is 0 Å². The van der Waals surface area contributed by atoms with E-state index >= 15 is 0 Å². The lowest BCUT2D eigenvalue weighted by Crippen LogP contribution is -2.08. The molecule has 2 aromatic rings. The topological polar surface area (TPSA) is 9.23 Å². The lowest BCUT2D eigenvalue weighted by atomic mass is 10.0. The molecule has 0 heterocycles. The van der Waals surface area contributed by atoms with Crippen molar-refractivity contribution in [1.82, 2.24) is 0 Å². The Morgan fingerprint density at radius 3 is 2.32 bits per heavy atom. The van der Waals surface area contributed by atoms with Gasteiger partial charge in [-0.25, -0.2) is 0 Å². The summed E-state index contributed by atoms with van der Waals surface area (Å²) in [5.41, 5.74) is 2.10. The Morgan fingerprint density at radius 1 is 0.947 bits per heavy atom. The molecule has 0 spiro atoms. The van der Waals surface area contributed by atoms with Crippen molar-refractivity contribution in [2.45, 2.75) is 6.10 Å². The zero-order valence-corrected chi connectivity index (χ0v) is 13.3. The van der Waals surface area contributed by atoms with Crippen LogP contribution in [0.3, 0.4) is 0 Å². The lowest BCUT2D eigenvalue weighted by Gasteiger charge is -2.19. The fraction of sp³-hybridized carbons (Fsp3) is 0.200. The summed E-state index contributed by atoms with van der Waals surface area (Å²) in [6.07, 6.45) is -0.131. The fourth-order valence-corrected chi connectivity index (χ4v) is 2.34. The van der Waals surface area contributed by atoms with Gasteiger partial charge in [0.1, 0.15) is 6.10 Å². The highest BCUT2D eigenvalue weighted by Crippen LogP contribution is 2.31.